The Morgan fingerprint density at radius 3 is 2.73 bits per heavy atom. The molecule has 0 spiro atoms. The van der Waals surface area contributed by atoms with Crippen molar-refractivity contribution in [1.82, 2.24) is 9.80 Å². The molecule has 172 valence electrons. The molecular weight excluding hydrogens is 412 g/mol. The van der Waals surface area contributed by atoms with Crippen molar-refractivity contribution in [3.63, 3.8) is 0 Å². The van der Waals surface area contributed by atoms with E-state index < -0.39 is 0 Å². The number of ether oxygens (including phenoxy) is 1. The van der Waals surface area contributed by atoms with Crippen LogP contribution in [0.5, 0.6) is 11.5 Å². The SMILES string of the molecule is COc1ccc2c(c1)C13CCCN(CC4CC4)C(C2)C1=CN(Cc1ccc(O)cc1)C(=O)C3. The van der Waals surface area contributed by atoms with Crippen molar-refractivity contribution in [2.75, 3.05) is 20.2 Å². The summed E-state index contributed by atoms with van der Waals surface area (Å²) in [5.41, 5.74) is 4.90. The maximum atomic E-state index is 13.5. The van der Waals surface area contributed by atoms with Gasteiger partial charge in [-0.2, -0.15) is 0 Å². The van der Waals surface area contributed by atoms with E-state index in [1.165, 1.54) is 36.1 Å². The summed E-state index contributed by atoms with van der Waals surface area (Å²) in [5.74, 6) is 2.14. The van der Waals surface area contributed by atoms with Crippen LogP contribution >= 0.6 is 0 Å². The van der Waals surface area contributed by atoms with Gasteiger partial charge in [0.2, 0.25) is 5.91 Å². The highest BCUT2D eigenvalue weighted by Gasteiger charge is 2.52. The summed E-state index contributed by atoms with van der Waals surface area (Å²) in [6.07, 6.45) is 8.54. The van der Waals surface area contributed by atoms with Gasteiger partial charge in [0.15, 0.2) is 0 Å². The fourth-order valence-corrected chi connectivity index (χ4v) is 6.32. The standard InChI is InChI=1S/C28H32N2O3/c1-33-23-10-7-21-13-26-25-18-30(17-20-5-8-22(31)9-6-20)27(32)15-28(25,24(21)14-23)11-2-12-29(26)16-19-3-4-19/h5-10,14,18-19,26,31H,2-4,11-13,15-17H2,1H3. The minimum atomic E-state index is -0.229. The zero-order chi connectivity index (χ0) is 22.6. The molecule has 2 unspecified atom stereocenters. The molecule has 5 heteroatoms. The number of carbonyl (C=O) groups is 1. The minimum absolute atomic E-state index is 0.178. The second-order valence-corrected chi connectivity index (χ2v) is 10.3. The van der Waals surface area contributed by atoms with Gasteiger partial charge in [-0.3, -0.25) is 9.69 Å². The highest BCUT2D eigenvalue weighted by molar-refractivity contribution is 5.82. The molecule has 2 aromatic rings. The topological polar surface area (TPSA) is 53.0 Å². The van der Waals surface area contributed by atoms with E-state index in [1.807, 2.05) is 17.0 Å². The number of benzene rings is 2. The van der Waals surface area contributed by atoms with E-state index in [2.05, 4.69) is 29.3 Å². The summed E-state index contributed by atoms with van der Waals surface area (Å²) in [6.45, 7) is 2.83. The van der Waals surface area contributed by atoms with E-state index in [9.17, 15) is 9.90 Å². The van der Waals surface area contributed by atoms with Crippen LogP contribution in [0.1, 0.15) is 48.8 Å². The largest absolute Gasteiger partial charge is 0.508 e. The quantitative estimate of drug-likeness (QED) is 0.743. The molecule has 2 aromatic carbocycles. The maximum absolute atomic E-state index is 13.5. The Kier molecular flexibility index (Phi) is 4.98. The molecule has 1 N–H and O–H groups in total. The van der Waals surface area contributed by atoms with Gasteiger partial charge < -0.3 is 14.7 Å². The van der Waals surface area contributed by atoms with Crippen molar-refractivity contribution < 1.29 is 14.6 Å². The summed E-state index contributed by atoms with van der Waals surface area (Å²) < 4.78 is 5.60. The van der Waals surface area contributed by atoms with E-state index in [1.54, 1.807) is 19.2 Å². The third-order valence-electron chi connectivity index (χ3n) is 8.19. The molecule has 1 saturated heterocycles. The highest BCUT2D eigenvalue weighted by Crippen LogP contribution is 2.53. The van der Waals surface area contributed by atoms with Gasteiger partial charge in [0.1, 0.15) is 11.5 Å². The predicted octanol–water partition coefficient (Wildman–Crippen LogP) is 4.39. The Labute approximate surface area is 195 Å². The van der Waals surface area contributed by atoms with Crippen molar-refractivity contribution in [3.8, 4) is 11.5 Å². The van der Waals surface area contributed by atoms with Gasteiger partial charge in [-0.1, -0.05) is 18.2 Å². The lowest BCUT2D eigenvalue weighted by atomic mass is 9.60. The lowest BCUT2D eigenvalue weighted by Gasteiger charge is -2.49. The third-order valence-corrected chi connectivity index (χ3v) is 8.19. The monoisotopic (exact) mass is 444 g/mol. The van der Waals surface area contributed by atoms with Crippen LogP contribution in [0.15, 0.2) is 54.2 Å². The molecule has 2 aliphatic heterocycles. The summed E-state index contributed by atoms with van der Waals surface area (Å²) in [6, 6.07) is 14.0. The fraction of sp³-hybridized carbons (Fsp3) is 0.464. The zero-order valence-corrected chi connectivity index (χ0v) is 19.3. The van der Waals surface area contributed by atoms with Crippen molar-refractivity contribution >= 4 is 5.91 Å². The second-order valence-electron chi connectivity index (χ2n) is 10.3. The number of fused-ring (bicyclic) bond motifs is 1. The number of carbonyl (C=O) groups excluding carboxylic acids is 1. The average Bonchev–Trinajstić information content (AvgIpc) is 3.64. The number of aromatic hydroxyl groups is 1. The van der Waals surface area contributed by atoms with Crippen molar-refractivity contribution in [2.24, 2.45) is 5.92 Å². The molecule has 33 heavy (non-hydrogen) atoms. The van der Waals surface area contributed by atoms with Gasteiger partial charge >= 0.3 is 0 Å². The number of rotatable bonds is 5. The molecule has 2 atom stereocenters. The molecule has 2 fully saturated rings. The molecule has 2 aliphatic carbocycles. The van der Waals surface area contributed by atoms with Gasteiger partial charge in [0.05, 0.1) is 13.7 Å². The van der Waals surface area contributed by atoms with E-state index in [-0.39, 0.29) is 17.1 Å². The van der Waals surface area contributed by atoms with Crippen LogP contribution in [-0.2, 0) is 23.2 Å². The van der Waals surface area contributed by atoms with E-state index in [0.29, 0.717) is 19.0 Å². The number of hydrogen-bond donors (Lipinski definition) is 1. The maximum Gasteiger partial charge on any atom is 0.228 e. The minimum Gasteiger partial charge on any atom is -0.508 e. The number of phenols is 1. The number of hydrogen-bond acceptors (Lipinski definition) is 4. The van der Waals surface area contributed by atoms with E-state index in [0.717, 1.165) is 43.0 Å². The van der Waals surface area contributed by atoms with Crippen molar-refractivity contribution in [3.05, 3.63) is 70.9 Å². The molecule has 6 rings (SSSR count). The fourth-order valence-electron chi connectivity index (χ4n) is 6.32. The van der Waals surface area contributed by atoms with Gasteiger partial charge in [-0.05, 0) is 91.1 Å². The summed E-state index contributed by atoms with van der Waals surface area (Å²) in [5, 5.41) is 9.64. The molecular formula is C28H32N2O3. The van der Waals surface area contributed by atoms with Crippen LogP contribution in [0.3, 0.4) is 0 Å². The smallest absolute Gasteiger partial charge is 0.228 e. The first kappa shape index (κ1) is 20.8. The second kappa shape index (κ2) is 7.91. The summed E-state index contributed by atoms with van der Waals surface area (Å²) in [4.78, 5) is 18.2. The van der Waals surface area contributed by atoms with Crippen molar-refractivity contribution in [1.29, 1.82) is 0 Å². The lowest BCUT2D eigenvalue weighted by molar-refractivity contribution is -0.131. The molecule has 0 aromatic heterocycles. The number of methoxy groups -OCH3 is 1. The predicted molar refractivity (Wildman–Crippen MR) is 127 cm³/mol. The van der Waals surface area contributed by atoms with Gasteiger partial charge in [0.25, 0.3) is 0 Å². The number of nitrogens with zero attached hydrogens (tertiary/aromatic N) is 2. The lowest BCUT2D eigenvalue weighted by Crippen LogP contribution is -2.51. The van der Waals surface area contributed by atoms with Crippen LogP contribution < -0.4 is 4.74 Å². The molecule has 1 amide bonds. The van der Waals surface area contributed by atoms with E-state index >= 15 is 0 Å². The van der Waals surface area contributed by atoms with Crippen LogP contribution in [0, 0.1) is 5.92 Å². The third kappa shape index (κ3) is 3.63. The van der Waals surface area contributed by atoms with Crippen LogP contribution in [0.25, 0.3) is 0 Å². The summed E-state index contributed by atoms with van der Waals surface area (Å²) >= 11 is 0. The van der Waals surface area contributed by atoms with E-state index in [4.69, 9.17) is 4.74 Å². The summed E-state index contributed by atoms with van der Waals surface area (Å²) in [7, 11) is 1.72. The Bertz CT molecular complexity index is 1100. The molecule has 0 radical (unpaired) electrons. The Balaban J connectivity index is 1.44. The van der Waals surface area contributed by atoms with Crippen LogP contribution in [0.2, 0.25) is 0 Å². The molecule has 2 bridgehead atoms. The first-order valence-electron chi connectivity index (χ1n) is 12.3. The Hall–Kier alpha value is -2.79. The molecule has 1 saturated carbocycles. The number of phenolic OH excluding ortho intramolecular Hbond substituents is 1. The molecule has 5 nitrogen and oxygen atoms in total. The highest BCUT2D eigenvalue weighted by atomic mass is 16.5. The Morgan fingerprint density at radius 1 is 1.15 bits per heavy atom. The first-order chi connectivity index (χ1) is 16.1. The van der Waals surface area contributed by atoms with Gasteiger partial charge in [-0.15, -0.1) is 0 Å². The van der Waals surface area contributed by atoms with Gasteiger partial charge in [0, 0.05) is 30.6 Å². The van der Waals surface area contributed by atoms with Crippen LogP contribution in [0.4, 0.5) is 0 Å². The van der Waals surface area contributed by atoms with Gasteiger partial charge in [-0.25, -0.2) is 0 Å². The number of amides is 1. The number of likely N-dealkylation sites (tertiary alicyclic amines) is 1. The zero-order valence-electron chi connectivity index (χ0n) is 19.3. The Morgan fingerprint density at radius 2 is 1.97 bits per heavy atom. The average molecular weight is 445 g/mol. The van der Waals surface area contributed by atoms with Crippen molar-refractivity contribution in [2.45, 2.75) is 56.5 Å². The first-order valence-corrected chi connectivity index (χ1v) is 12.3. The molecule has 4 aliphatic rings. The normalized spacial score (nSPS) is 26.8. The molecule has 2 heterocycles. The van der Waals surface area contributed by atoms with Crippen LogP contribution in [-0.4, -0.2) is 47.1 Å².